The first-order chi connectivity index (χ1) is 14.8. The monoisotopic (exact) mass is 569 g/mol. The number of nitrogens with zero attached hydrogens (tertiary/aromatic N) is 3. The van der Waals surface area contributed by atoms with Gasteiger partial charge in [0.05, 0.1) is 30.3 Å². The summed E-state index contributed by atoms with van der Waals surface area (Å²) in [4.78, 5) is 17.7. The van der Waals surface area contributed by atoms with Gasteiger partial charge in [0.1, 0.15) is 10.8 Å². The summed E-state index contributed by atoms with van der Waals surface area (Å²) in [7, 11) is 1.55. The number of halogens is 3. The molecule has 3 aromatic rings. The van der Waals surface area contributed by atoms with Crippen LogP contribution in [-0.2, 0) is 6.42 Å². The first-order valence-corrected chi connectivity index (χ1v) is 11.7. The molecule has 1 heterocycles. The van der Waals surface area contributed by atoms with Crippen LogP contribution >= 0.6 is 43.5 Å². The van der Waals surface area contributed by atoms with Gasteiger partial charge in [-0.15, -0.1) is 0 Å². The smallest absolute Gasteiger partial charge is 0.282 e. The molecular weight excluding hydrogens is 550 g/mol. The fourth-order valence-corrected chi connectivity index (χ4v) is 3.91. The van der Waals surface area contributed by atoms with Gasteiger partial charge in [-0.2, -0.15) is 9.78 Å². The van der Waals surface area contributed by atoms with Crippen LogP contribution in [0.1, 0.15) is 38.6 Å². The van der Waals surface area contributed by atoms with Gasteiger partial charge < -0.3 is 9.47 Å². The van der Waals surface area contributed by atoms with Crippen molar-refractivity contribution in [1.29, 1.82) is 0 Å². The van der Waals surface area contributed by atoms with E-state index in [9.17, 15) is 4.79 Å². The van der Waals surface area contributed by atoms with E-state index in [0.29, 0.717) is 49.7 Å². The molecule has 31 heavy (non-hydrogen) atoms. The molecule has 1 atom stereocenters. The minimum Gasteiger partial charge on any atom is -0.493 e. The van der Waals surface area contributed by atoms with Gasteiger partial charge in [0, 0.05) is 20.9 Å². The van der Waals surface area contributed by atoms with E-state index in [2.05, 4.69) is 41.9 Å². The first-order valence-electron chi connectivity index (χ1n) is 9.78. The van der Waals surface area contributed by atoms with Gasteiger partial charge in [0.2, 0.25) is 0 Å². The summed E-state index contributed by atoms with van der Waals surface area (Å²) >= 11 is 13.5. The Hall–Kier alpha value is -1.90. The molecule has 1 aromatic heterocycles. The zero-order valence-electron chi connectivity index (χ0n) is 17.6. The van der Waals surface area contributed by atoms with Crippen molar-refractivity contribution in [3.63, 3.8) is 0 Å². The molecule has 0 unspecified atom stereocenters. The van der Waals surface area contributed by atoms with Crippen LogP contribution < -0.4 is 15.0 Å². The lowest BCUT2D eigenvalue weighted by Gasteiger charge is -2.18. The second kappa shape index (κ2) is 10.1. The van der Waals surface area contributed by atoms with Gasteiger partial charge in [0.25, 0.3) is 5.56 Å². The fourth-order valence-electron chi connectivity index (χ4n) is 2.91. The van der Waals surface area contributed by atoms with Crippen LogP contribution in [0, 0.1) is 0 Å². The third-order valence-electron chi connectivity index (χ3n) is 4.77. The molecule has 9 heteroatoms. The summed E-state index contributed by atoms with van der Waals surface area (Å²) in [6.45, 7) is 5.92. The lowest BCUT2D eigenvalue weighted by atomic mass is 10.2. The second-order valence-electron chi connectivity index (χ2n) is 6.87. The summed E-state index contributed by atoms with van der Waals surface area (Å²) in [6.07, 6.45) is 2.91. The molecule has 0 aliphatic rings. The predicted octanol–water partition coefficient (Wildman–Crippen LogP) is 6.21. The molecule has 0 saturated heterocycles. The Morgan fingerprint density at radius 1 is 1.29 bits per heavy atom. The number of hydrogen-bond donors (Lipinski definition) is 0. The van der Waals surface area contributed by atoms with E-state index >= 15 is 0 Å². The molecule has 0 saturated carbocycles. The van der Waals surface area contributed by atoms with Crippen LogP contribution in [0.4, 0.5) is 0 Å². The van der Waals surface area contributed by atoms with Gasteiger partial charge in [-0.3, -0.25) is 4.79 Å². The number of aryl methyl sites for hydroxylation is 1. The Kier molecular flexibility index (Phi) is 7.78. The average molecular weight is 572 g/mol. The lowest BCUT2D eigenvalue weighted by Crippen LogP contribution is -2.22. The minimum atomic E-state index is -0.245. The van der Waals surface area contributed by atoms with Crippen molar-refractivity contribution in [1.82, 2.24) is 9.66 Å². The van der Waals surface area contributed by atoms with E-state index in [1.807, 2.05) is 32.9 Å². The molecule has 0 N–H and O–H groups in total. The number of methoxy groups -OCH3 is 1. The normalized spacial score (nSPS) is 12.5. The minimum absolute atomic E-state index is 0.0218. The molecule has 2 aromatic carbocycles. The van der Waals surface area contributed by atoms with E-state index in [-0.39, 0.29) is 11.7 Å². The van der Waals surface area contributed by atoms with Crippen molar-refractivity contribution in [3.8, 4) is 11.5 Å². The highest BCUT2D eigenvalue weighted by atomic mass is 79.9. The maximum Gasteiger partial charge on any atom is 0.282 e. The van der Waals surface area contributed by atoms with Crippen molar-refractivity contribution < 1.29 is 9.47 Å². The number of aromatic nitrogens is 2. The standard InChI is InChI=1S/C22H22Br2ClN3O3/c1-5-12(3)31-21-17(30-4)9-13(19(24)20(21)25)11-26-28-18(6-2)27-16-8-7-14(23)10-15(16)22(28)29/h7-12H,5-6H2,1-4H3/t12-/m0/s1. The number of fused-ring (bicyclic) bond motifs is 1. The highest BCUT2D eigenvalue weighted by Gasteiger charge is 2.19. The number of ether oxygens (including phenoxy) is 2. The maximum absolute atomic E-state index is 13.1. The van der Waals surface area contributed by atoms with Gasteiger partial charge in [-0.25, -0.2) is 4.98 Å². The van der Waals surface area contributed by atoms with Crippen LogP contribution in [0.3, 0.4) is 0 Å². The molecule has 0 radical (unpaired) electrons. The molecule has 0 spiro atoms. The van der Waals surface area contributed by atoms with Crippen molar-refractivity contribution in [2.75, 3.05) is 7.11 Å². The van der Waals surface area contributed by atoms with E-state index in [0.717, 1.165) is 10.9 Å². The fraction of sp³-hybridized carbons (Fsp3) is 0.318. The molecule has 164 valence electrons. The maximum atomic E-state index is 13.1. The molecule has 6 nitrogen and oxygen atoms in total. The zero-order valence-corrected chi connectivity index (χ0v) is 21.5. The Morgan fingerprint density at radius 2 is 2.03 bits per heavy atom. The third kappa shape index (κ3) is 4.96. The van der Waals surface area contributed by atoms with Crippen LogP contribution in [0.5, 0.6) is 11.5 Å². The van der Waals surface area contributed by atoms with Gasteiger partial charge in [-0.1, -0.05) is 41.4 Å². The molecule has 0 aliphatic carbocycles. The number of rotatable bonds is 7. The van der Waals surface area contributed by atoms with Gasteiger partial charge >= 0.3 is 0 Å². The van der Waals surface area contributed by atoms with E-state index in [4.69, 9.17) is 21.1 Å². The van der Waals surface area contributed by atoms with Gasteiger partial charge in [-0.05, 0) is 53.5 Å². The summed E-state index contributed by atoms with van der Waals surface area (Å²) in [5.74, 6) is 1.51. The predicted molar refractivity (Wildman–Crippen MR) is 132 cm³/mol. The van der Waals surface area contributed by atoms with Crippen molar-refractivity contribution in [3.05, 3.63) is 60.0 Å². The second-order valence-corrected chi connectivity index (χ2v) is 8.95. The average Bonchev–Trinajstić information content (AvgIpc) is 2.77. The van der Waals surface area contributed by atoms with E-state index in [1.165, 1.54) is 4.68 Å². The van der Waals surface area contributed by atoms with Crippen molar-refractivity contribution >= 4 is 60.6 Å². The van der Waals surface area contributed by atoms with Gasteiger partial charge in [0.15, 0.2) is 11.5 Å². The Balaban J connectivity index is 2.11. The van der Waals surface area contributed by atoms with Crippen molar-refractivity contribution in [2.45, 2.75) is 39.7 Å². The van der Waals surface area contributed by atoms with E-state index < -0.39 is 0 Å². The molecular formula is C22H22Br2ClN3O3. The molecule has 0 fully saturated rings. The SMILES string of the molecule is CCc1nc2ccc(Br)cc2c(=O)n1N=Cc1cc(OC)c(O[C@@H](C)CC)c(Cl)c1Br. The Morgan fingerprint density at radius 3 is 2.68 bits per heavy atom. The highest BCUT2D eigenvalue weighted by molar-refractivity contribution is 9.10. The lowest BCUT2D eigenvalue weighted by molar-refractivity contribution is 0.207. The van der Waals surface area contributed by atoms with Crippen LogP contribution in [0.2, 0.25) is 5.02 Å². The summed E-state index contributed by atoms with van der Waals surface area (Å²) in [6, 6.07) is 7.17. The molecule has 0 amide bonds. The molecule has 3 rings (SSSR count). The topological polar surface area (TPSA) is 65.7 Å². The summed E-state index contributed by atoms with van der Waals surface area (Å²) < 4.78 is 14.1. The third-order valence-corrected chi connectivity index (χ3v) is 6.71. The molecule has 0 bridgehead atoms. The quantitative estimate of drug-likeness (QED) is 0.317. The van der Waals surface area contributed by atoms with E-state index in [1.54, 1.807) is 25.5 Å². The van der Waals surface area contributed by atoms with Crippen LogP contribution in [-0.4, -0.2) is 29.1 Å². The van der Waals surface area contributed by atoms with Crippen molar-refractivity contribution in [2.24, 2.45) is 5.10 Å². The van der Waals surface area contributed by atoms with Crippen LogP contribution in [0.25, 0.3) is 10.9 Å². The van der Waals surface area contributed by atoms with Crippen LogP contribution in [0.15, 0.2) is 43.1 Å². The number of benzene rings is 2. The molecule has 0 aliphatic heterocycles. The first kappa shape index (κ1) is 23.8. The number of hydrogen-bond acceptors (Lipinski definition) is 5. The summed E-state index contributed by atoms with van der Waals surface area (Å²) in [5.41, 5.74) is 1.03. The Bertz CT molecular complexity index is 1210. The Labute approximate surface area is 202 Å². The zero-order chi connectivity index (χ0) is 22.7. The highest BCUT2D eigenvalue weighted by Crippen LogP contribution is 2.42. The summed E-state index contributed by atoms with van der Waals surface area (Å²) in [5, 5.41) is 5.29. The largest absolute Gasteiger partial charge is 0.493 e.